The summed E-state index contributed by atoms with van der Waals surface area (Å²) in [5.74, 6) is 0.536. The van der Waals surface area contributed by atoms with Gasteiger partial charge in [-0.2, -0.15) is 0 Å². The number of carbonyl (C=O) groups excluding carboxylic acids is 1. The minimum absolute atomic E-state index is 0.104. The Morgan fingerprint density at radius 1 is 1.10 bits per heavy atom. The summed E-state index contributed by atoms with van der Waals surface area (Å²) in [6.45, 7) is 3.85. The lowest BCUT2D eigenvalue weighted by Gasteiger charge is -2.25. The van der Waals surface area contributed by atoms with Crippen LogP contribution in [0.4, 0.5) is 5.69 Å². The Balaban J connectivity index is 1.55. The number of amides is 1. The highest BCUT2D eigenvalue weighted by atomic mass is 35.5. The van der Waals surface area contributed by atoms with E-state index in [4.69, 9.17) is 16.3 Å². The molecule has 5 heteroatoms. The first-order valence-electron chi connectivity index (χ1n) is 9.71. The van der Waals surface area contributed by atoms with E-state index in [1.807, 2.05) is 59.5 Å². The van der Waals surface area contributed by atoms with Crippen LogP contribution in [0.1, 0.15) is 28.4 Å². The van der Waals surface area contributed by atoms with Gasteiger partial charge in [-0.05, 0) is 42.3 Å². The van der Waals surface area contributed by atoms with Crippen LogP contribution in [0, 0.1) is 0 Å². The van der Waals surface area contributed by atoms with Gasteiger partial charge < -0.3 is 15.0 Å². The van der Waals surface area contributed by atoms with Gasteiger partial charge in [0.1, 0.15) is 12.4 Å². The van der Waals surface area contributed by atoms with Crippen molar-refractivity contribution >= 4 is 23.2 Å². The number of nitrogens with zero attached hydrogens (tertiary/aromatic N) is 1. The summed E-state index contributed by atoms with van der Waals surface area (Å²) >= 11 is 6.49. The third kappa shape index (κ3) is 4.44. The molecule has 4 nitrogen and oxygen atoms in total. The van der Waals surface area contributed by atoms with E-state index in [-0.39, 0.29) is 11.9 Å². The van der Waals surface area contributed by atoms with Gasteiger partial charge in [0.25, 0.3) is 5.91 Å². The normalized spacial score (nSPS) is 16.1. The average molecular weight is 407 g/mol. The van der Waals surface area contributed by atoms with Crippen molar-refractivity contribution in [3.8, 4) is 5.75 Å². The summed E-state index contributed by atoms with van der Waals surface area (Å²) in [5, 5.41) is 3.84. The quantitative estimate of drug-likeness (QED) is 0.658. The Hall–Kier alpha value is -2.82. The number of rotatable bonds is 4. The summed E-state index contributed by atoms with van der Waals surface area (Å²) in [7, 11) is 0. The molecule has 1 amide bonds. The number of carbonyl (C=O) groups is 1. The molecule has 3 aromatic carbocycles. The van der Waals surface area contributed by atoms with E-state index in [0.29, 0.717) is 29.5 Å². The molecular formula is C24H23ClN2O2. The number of halogens is 1. The molecule has 4 rings (SSSR count). The van der Waals surface area contributed by atoms with Crippen LogP contribution in [0.2, 0.25) is 5.02 Å². The molecule has 1 aliphatic rings. The summed E-state index contributed by atoms with van der Waals surface area (Å²) in [4.78, 5) is 15.2. The zero-order chi connectivity index (χ0) is 20.2. The number of fused-ring (bicyclic) bond motifs is 1. The number of para-hydroxylation sites is 1. The molecule has 148 valence electrons. The minimum Gasteiger partial charge on any atom is -0.489 e. The maximum atomic E-state index is 13.3. The Bertz CT molecular complexity index is 1010. The fourth-order valence-electron chi connectivity index (χ4n) is 3.48. The van der Waals surface area contributed by atoms with E-state index < -0.39 is 0 Å². The lowest BCUT2D eigenvalue weighted by atomic mass is 10.1. The van der Waals surface area contributed by atoms with E-state index in [0.717, 1.165) is 23.4 Å². The Labute approximate surface area is 176 Å². The Kier molecular flexibility index (Phi) is 5.84. The van der Waals surface area contributed by atoms with Gasteiger partial charge in [0.05, 0.1) is 10.6 Å². The summed E-state index contributed by atoms with van der Waals surface area (Å²) in [6.07, 6.45) is 0. The van der Waals surface area contributed by atoms with Crippen LogP contribution < -0.4 is 15.0 Å². The number of anilines is 1. The van der Waals surface area contributed by atoms with Crippen LogP contribution in [-0.2, 0) is 13.2 Å². The van der Waals surface area contributed by atoms with Gasteiger partial charge >= 0.3 is 0 Å². The number of benzene rings is 3. The molecule has 0 aromatic heterocycles. The fourth-order valence-corrected chi connectivity index (χ4v) is 3.73. The molecule has 0 radical (unpaired) electrons. The second-order valence-corrected chi connectivity index (χ2v) is 7.65. The number of ether oxygens (including phenoxy) is 1. The highest BCUT2D eigenvalue weighted by Crippen LogP contribution is 2.29. The summed E-state index contributed by atoms with van der Waals surface area (Å²) in [5.41, 5.74) is 3.58. The summed E-state index contributed by atoms with van der Waals surface area (Å²) in [6, 6.07) is 23.3. The van der Waals surface area contributed by atoms with Crippen LogP contribution in [0.3, 0.4) is 0 Å². The predicted molar refractivity (Wildman–Crippen MR) is 117 cm³/mol. The van der Waals surface area contributed by atoms with Crippen LogP contribution in [0.25, 0.3) is 0 Å². The number of nitrogens with one attached hydrogen (secondary N) is 1. The molecular weight excluding hydrogens is 384 g/mol. The third-order valence-corrected chi connectivity index (χ3v) is 5.36. The van der Waals surface area contributed by atoms with Gasteiger partial charge in [-0.3, -0.25) is 4.79 Å². The van der Waals surface area contributed by atoms with Crippen molar-refractivity contribution in [1.82, 2.24) is 5.32 Å². The zero-order valence-corrected chi connectivity index (χ0v) is 17.0. The standard InChI is InChI=1S/C24H23ClN2O2/c1-17-15-27(23-10-6-5-9-19(23)14-26-17)24(28)21-12-11-20(13-22(21)25)29-16-18-7-3-2-4-8-18/h2-13,17,26H,14-16H2,1H3/t17-/m1/s1. The molecule has 1 heterocycles. The second-order valence-electron chi connectivity index (χ2n) is 7.24. The average Bonchev–Trinajstić information content (AvgIpc) is 2.92. The van der Waals surface area contributed by atoms with Crippen molar-refractivity contribution in [2.24, 2.45) is 0 Å². The van der Waals surface area contributed by atoms with Crippen molar-refractivity contribution in [2.75, 3.05) is 11.4 Å². The topological polar surface area (TPSA) is 41.6 Å². The van der Waals surface area contributed by atoms with E-state index >= 15 is 0 Å². The molecule has 1 atom stereocenters. The molecule has 1 aliphatic heterocycles. The van der Waals surface area contributed by atoms with E-state index in [9.17, 15) is 4.79 Å². The zero-order valence-electron chi connectivity index (χ0n) is 16.3. The highest BCUT2D eigenvalue weighted by molar-refractivity contribution is 6.34. The molecule has 0 aliphatic carbocycles. The molecule has 3 aromatic rings. The van der Waals surface area contributed by atoms with Gasteiger partial charge in [-0.1, -0.05) is 60.1 Å². The number of hydrogen-bond acceptors (Lipinski definition) is 3. The van der Waals surface area contributed by atoms with Gasteiger partial charge in [-0.25, -0.2) is 0 Å². The fraction of sp³-hybridized carbons (Fsp3) is 0.208. The molecule has 0 bridgehead atoms. The van der Waals surface area contributed by atoms with Crippen LogP contribution >= 0.6 is 11.6 Å². The van der Waals surface area contributed by atoms with Crippen molar-refractivity contribution in [2.45, 2.75) is 26.1 Å². The number of hydrogen-bond donors (Lipinski definition) is 1. The predicted octanol–water partition coefficient (Wildman–Crippen LogP) is 5.06. The lowest BCUT2D eigenvalue weighted by molar-refractivity contribution is 0.0985. The Morgan fingerprint density at radius 3 is 2.66 bits per heavy atom. The molecule has 1 N–H and O–H groups in total. The first-order valence-corrected chi connectivity index (χ1v) is 10.1. The molecule has 0 spiro atoms. The van der Waals surface area contributed by atoms with Gasteiger partial charge in [0.15, 0.2) is 0 Å². The van der Waals surface area contributed by atoms with Crippen LogP contribution in [0.5, 0.6) is 5.75 Å². The SMILES string of the molecule is C[C@@H]1CN(C(=O)c2ccc(OCc3ccccc3)cc2Cl)c2ccccc2CN1. The first-order chi connectivity index (χ1) is 14.1. The first kappa shape index (κ1) is 19.5. The van der Waals surface area contributed by atoms with Crippen LogP contribution in [-0.4, -0.2) is 18.5 Å². The maximum Gasteiger partial charge on any atom is 0.259 e. The van der Waals surface area contributed by atoms with Crippen LogP contribution in [0.15, 0.2) is 72.8 Å². The molecule has 0 saturated heterocycles. The second kappa shape index (κ2) is 8.68. The van der Waals surface area contributed by atoms with Crippen molar-refractivity contribution in [1.29, 1.82) is 0 Å². The monoisotopic (exact) mass is 406 g/mol. The minimum atomic E-state index is -0.104. The molecule has 29 heavy (non-hydrogen) atoms. The largest absolute Gasteiger partial charge is 0.489 e. The third-order valence-electron chi connectivity index (χ3n) is 5.04. The Morgan fingerprint density at radius 2 is 1.86 bits per heavy atom. The van der Waals surface area contributed by atoms with Crippen molar-refractivity contribution < 1.29 is 9.53 Å². The smallest absolute Gasteiger partial charge is 0.259 e. The highest BCUT2D eigenvalue weighted by Gasteiger charge is 2.26. The lowest BCUT2D eigenvalue weighted by Crippen LogP contribution is -2.39. The van der Waals surface area contributed by atoms with Gasteiger partial charge in [0, 0.05) is 24.8 Å². The molecule has 0 unspecified atom stereocenters. The molecule has 0 saturated carbocycles. The summed E-state index contributed by atoms with van der Waals surface area (Å²) < 4.78 is 5.83. The molecule has 0 fully saturated rings. The van der Waals surface area contributed by atoms with Gasteiger partial charge in [0.2, 0.25) is 0 Å². The van der Waals surface area contributed by atoms with E-state index in [1.165, 1.54) is 0 Å². The maximum absolute atomic E-state index is 13.3. The van der Waals surface area contributed by atoms with Crippen molar-refractivity contribution in [3.05, 3.63) is 94.5 Å². The van der Waals surface area contributed by atoms with Gasteiger partial charge in [-0.15, -0.1) is 0 Å². The van der Waals surface area contributed by atoms with E-state index in [1.54, 1.807) is 18.2 Å². The van der Waals surface area contributed by atoms with E-state index in [2.05, 4.69) is 12.2 Å². The van der Waals surface area contributed by atoms with Crippen molar-refractivity contribution in [3.63, 3.8) is 0 Å².